The highest BCUT2D eigenvalue weighted by molar-refractivity contribution is 5.72. The predicted octanol–water partition coefficient (Wildman–Crippen LogP) is 1.81. The third kappa shape index (κ3) is 3.90. The normalized spacial score (nSPS) is 12.3. The zero-order valence-electron chi connectivity index (χ0n) is 9.22. The second-order valence-corrected chi connectivity index (χ2v) is 3.57. The summed E-state index contributed by atoms with van der Waals surface area (Å²) in [6, 6.07) is 6.55. The SMILES string of the molecule is CCCO[C@H](Cc1cccc(O)c1)C(=O)O. The van der Waals surface area contributed by atoms with Crippen molar-refractivity contribution in [2.75, 3.05) is 6.61 Å². The van der Waals surface area contributed by atoms with Gasteiger partial charge in [-0.25, -0.2) is 4.79 Å². The molecule has 16 heavy (non-hydrogen) atoms. The monoisotopic (exact) mass is 224 g/mol. The Labute approximate surface area is 94.5 Å². The first-order chi connectivity index (χ1) is 7.63. The van der Waals surface area contributed by atoms with E-state index in [0.717, 1.165) is 12.0 Å². The zero-order chi connectivity index (χ0) is 12.0. The van der Waals surface area contributed by atoms with E-state index >= 15 is 0 Å². The molecule has 1 rings (SSSR count). The number of carbonyl (C=O) groups is 1. The van der Waals surface area contributed by atoms with E-state index < -0.39 is 12.1 Å². The Kier molecular flexibility index (Phi) is 4.79. The number of phenolic OH excluding ortho intramolecular Hbond substituents is 1. The van der Waals surface area contributed by atoms with Gasteiger partial charge in [0.1, 0.15) is 5.75 Å². The second kappa shape index (κ2) is 6.12. The van der Waals surface area contributed by atoms with Gasteiger partial charge in [0.05, 0.1) is 0 Å². The van der Waals surface area contributed by atoms with Crippen LogP contribution in [-0.4, -0.2) is 28.9 Å². The minimum absolute atomic E-state index is 0.136. The summed E-state index contributed by atoms with van der Waals surface area (Å²) in [5, 5.41) is 18.2. The Balaban J connectivity index is 2.64. The lowest BCUT2D eigenvalue weighted by Gasteiger charge is -2.13. The summed E-state index contributed by atoms with van der Waals surface area (Å²) in [5.41, 5.74) is 0.753. The molecule has 0 aliphatic carbocycles. The molecule has 1 aromatic carbocycles. The van der Waals surface area contributed by atoms with Crippen LogP contribution in [0.15, 0.2) is 24.3 Å². The molecule has 0 saturated heterocycles. The topological polar surface area (TPSA) is 66.8 Å². The van der Waals surface area contributed by atoms with Gasteiger partial charge in [-0.3, -0.25) is 0 Å². The quantitative estimate of drug-likeness (QED) is 0.773. The van der Waals surface area contributed by atoms with Crippen molar-refractivity contribution >= 4 is 5.97 Å². The number of aliphatic carboxylic acids is 1. The first-order valence-corrected chi connectivity index (χ1v) is 5.25. The maximum atomic E-state index is 10.9. The number of phenols is 1. The Hall–Kier alpha value is -1.55. The Morgan fingerprint density at radius 2 is 2.25 bits per heavy atom. The van der Waals surface area contributed by atoms with Crippen LogP contribution in [0.2, 0.25) is 0 Å². The van der Waals surface area contributed by atoms with Crippen LogP contribution in [0.3, 0.4) is 0 Å². The van der Waals surface area contributed by atoms with Gasteiger partial charge in [0.2, 0.25) is 0 Å². The minimum atomic E-state index is -0.975. The first-order valence-electron chi connectivity index (χ1n) is 5.25. The lowest BCUT2D eigenvalue weighted by molar-refractivity contribution is -0.150. The molecule has 0 spiro atoms. The van der Waals surface area contributed by atoms with E-state index in [-0.39, 0.29) is 12.2 Å². The van der Waals surface area contributed by atoms with Gasteiger partial charge >= 0.3 is 5.97 Å². The number of benzene rings is 1. The Bertz CT molecular complexity index is 349. The largest absolute Gasteiger partial charge is 0.508 e. The molecule has 0 aliphatic heterocycles. The van der Waals surface area contributed by atoms with Crippen LogP contribution in [0, 0.1) is 0 Å². The summed E-state index contributed by atoms with van der Waals surface area (Å²) in [6.45, 7) is 2.35. The molecule has 2 N–H and O–H groups in total. The molecule has 4 heteroatoms. The van der Waals surface area contributed by atoms with Crippen LogP contribution in [0.5, 0.6) is 5.75 Å². The summed E-state index contributed by atoms with van der Waals surface area (Å²) in [5.74, 6) is -0.839. The van der Waals surface area contributed by atoms with Crippen LogP contribution in [0.25, 0.3) is 0 Å². The van der Waals surface area contributed by atoms with Crippen LogP contribution in [0.1, 0.15) is 18.9 Å². The highest BCUT2D eigenvalue weighted by Crippen LogP contribution is 2.14. The van der Waals surface area contributed by atoms with Gasteiger partial charge in [0.15, 0.2) is 6.10 Å². The fourth-order valence-electron chi connectivity index (χ4n) is 1.38. The molecule has 0 bridgehead atoms. The van der Waals surface area contributed by atoms with E-state index in [1.807, 2.05) is 6.92 Å². The van der Waals surface area contributed by atoms with Gasteiger partial charge < -0.3 is 14.9 Å². The fraction of sp³-hybridized carbons (Fsp3) is 0.417. The van der Waals surface area contributed by atoms with Gasteiger partial charge in [-0.2, -0.15) is 0 Å². The highest BCUT2D eigenvalue weighted by atomic mass is 16.5. The highest BCUT2D eigenvalue weighted by Gasteiger charge is 2.18. The molecule has 0 fully saturated rings. The molecule has 0 radical (unpaired) electrons. The summed E-state index contributed by atoms with van der Waals surface area (Å²) in [4.78, 5) is 10.9. The van der Waals surface area contributed by atoms with E-state index in [1.54, 1.807) is 24.3 Å². The Morgan fingerprint density at radius 1 is 1.50 bits per heavy atom. The molecular weight excluding hydrogens is 208 g/mol. The van der Waals surface area contributed by atoms with Crippen molar-refractivity contribution in [2.24, 2.45) is 0 Å². The Morgan fingerprint density at radius 3 is 2.81 bits per heavy atom. The molecule has 0 amide bonds. The van der Waals surface area contributed by atoms with Crippen molar-refractivity contribution in [1.29, 1.82) is 0 Å². The number of carboxylic acids is 1. The standard InChI is InChI=1S/C12H16O4/c1-2-6-16-11(12(14)15)8-9-4-3-5-10(13)7-9/h3-5,7,11,13H,2,6,8H2,1H3,(H,14,15)/t11-/m1/s1. The number of aromatic hydroxyl groups is 1. The van der Waals surface area contributed by atoms with E-state index in [9.17, 15) is 9.90 Å². The molecule has 0 aromatic heterocycles. The third-order valence-electron chi connectivity index (χ3n) is 2.13. The van der Waals surface area contributed by atoms with Crippen molar-refractivity contribution in [3.63, 3.8) is 0 Å². The lowest BCUT2D eigenvalue weighted by atomic mass is 10.1. The maximum Gasteiger partial charge on any atom is 0.333 e. The molecule has 0 saturated carbocycles. The van der Waals surface area contributed by atoms with Gasteiger partial charge in [-0.1, -0.05) is 19.1 Å². The van der Waals surface area contributed by atoms with Crippen molar-refractivity contribution in [3.05, 3.63) is 29.8 Å². The van der Waals surface area contributed by atoms with Crippen LogP contribution >= 0.6 is 0 Å². The number of hydrogen-bond acceptors (Lipinski definition) is 3. The number of hydrogen-bond donors (Lipinski definition) is 2. The fourth-order valence-corrected chi connectivity index (χ4v) is 1.38. The van der Waals surface area contributed by atoms with E-state index in [2.05, 4.69) is 0 Å². The molecule has 0 heterocycles. The van der Waals surface area contributed by atoms with Gasteiger partial charge in [-0.15, -0.1) is 0 Å². The number of rotatable bonds is 6. The molecule has 0 aliphatic rings. The summed E-state index contributed by atoms with van der Waals surface area (Å²) in [7, 11) is 0. The number of carboxylic acid groups (broad SMARTS) is 1. The van der Waals surface area contributed by atoms with Crippen molar-refractivity contribution in [1.82, 2.24) is 0 Å². The summed E-state index contributed by atoms with van der Waals surface area (Å²) < 4.78 is 5.22. The minimum Gasteiger partial charge on any atom is -0.508 e. The third-order valence-corrected chi connectivity index (χ3v) is 2.13. The summed E-state index contributed by atoms with van der Waals surface area (Å²) >= 11 is 0. The molecule has 0 unspecified atom stereocenters. The molecule has 4 nitrogen and oxygen atoms in total. The molecule has 1 aromatic rings. The smallest absolute Gasteiger partial charge is 0.333 e. The van der Waals surface area contributed by atoms with Crippen molar-refractivity contribution < 1.29 is 19.7 Å². The lowest BCUT2D eigenvalue weighted by Crippen LogP contribution is -2.26. The first kappa shape index (κ1) is 12.5. The van der Waals surface area contributed by atoms with E-state index in [4.69, 9.17) is 9.84 Å². The average molecular weight is 224 g/mol. The van der Waals surface area contributed by atoms with Gasteiger partial charge in [0, 0.05) is 13.0 Å². The number of ether oxygens (including phenoxy) is 1. The molecule has 88 valence electrons. The zero-order valence-corrected chi connectivity index (χ0v) is 9.22. The second-order valence-electron chi connectivity index (χ2n) is 3.57. The van der Waals surface area contributed by atoms with E-state index in [1.165, 1.54) is 0 Å². The summed E-state index contributed by atoms with van der Waals surface area (Å²) in [6.07, 6.45) is 0.204. The van der Waals surface area contributed by atoms with Crippen molar-refractivity contribution in [2.45, 2.75) is 25.9 Å². The van der Waals surface area contributed by atoms with Gasteiger partial charge in [0.25, 0.3) is 0 Å². The molecular formula is C12H16O4. The average Bonchev–Trinajstić information content (AvgIpc) is 2.24. The van der Waals surface area contributed by atoms with Crippen molar-refractivity contribution in [3.8, 4) is 5.75 Å². The van der Waals surface area contributed by atoms with Crippen LogP contribution in [0.4, 0.5) is 0 Å². The van der Waals surface area contributed by atoms with E-state index in [0.29, 0.717) is 6.61 Å². The predicted molar refractivity (Wildman–Crippen MR) is 59.5 cm³/mol. The van der Waals surface area contributed by atoms with Crippen LogP contribution < -0.4 is 0 Å². The molecule has 1 atom stereocenters. The van der Waals surface area contributed by atoms with Gasteiger partial charge in [-0.05, 0) is 24.1 Å². The maximum absolute atomic E-state index is 10.9. The van der Waals surface area contributed by atoms with Crippen LogP contribution in [-0.2, 0) is 16.0 Å².